The molecule has 0 spiro atoms. The predicted octanol–water partition coefficient (Wildman–Crippen LogP) is 2.62. The number of Topliss-reactive ketones (excluding diaryl/α,β-unsaturated/α-hetero) is 4. The van der Waals surface area contributed by atoms with Crippen LogP contribution < -0.4 is 20.4 Å². The van der Waals surface area contributed by atoms with Crippen LogP contribution in [0.3, 0.4) is 0 Å². The maximum absolute atomic E-state index is 11.5. The number of carboxylic acids is 4. The summed E-state index contributed by atoms with van der Waals surface area (Å²) in [6.45, 7) is 19.2. The van der Waals surface area contributed by atoms with E-state index >= 15 is 0 Å². The monoisotopic (exact) mass is 1070 g/mol. The molecule has 0 fully saturated rings. The third-order valence-corrected chi connectivity index (χ3v) is 8.46. The minimum absolute atomic E-state index is 0. The van der Waals surface area contributed by atoms with Crippen LogP contribution in [0.2, 0.25) is 0 Å². The van der Waals surface area contributed by atoms with Gasteiger partial charge < -0.3 is 77.5 Å². The van der Waals surface area contributed by atoms with Crippen molar-refractivity contribution in [2.75, 3.05) is 52.9 Å². The number of carbonyl (C=O) groups excluding carboxylic acids is 8. The zero-order valence-electron chi connectivity index (χ0n) is 42.8. The summed E-state index contributed by atoms with van der Waals surface area (Å²) >= 11 is 0. The fourth-order valence-corrected chi connectivity index (χ4v) is 4.52. The summed E-state index contributed by atoms with van der Waals surface area (Å²) in [6, 6.07) is 0. The zero-order valence-corrected chi connectivity index (χ0v) is 45.2. The van der Waals surface area contributed by atoms with Crippen LogP contribution in [-0.2, 0) is 102 Å². The summed E-state index contributed by atoms with van der Waals surface area (Å²) in [5.41, 5.74) is 0. The summed E-state index contributed by atoms with van der Waals surface area (Å²) in [4.78, 5) is 87.2. The average molecular weight is 1070 g/mol. The average Bonchev–Trinajstić information content (AvgIpc) is 3.27. The Morgan fingerprint density at radius 2 is 0.391 bits per heavy atom. The van der Waals surface area contributed by atoms with Crippen molar-refractivity contribution in [3.05, 3.63) is 0 Å². The molecule has 0 atom stereocenters. The minimum atomic E-state index is -1.40. The van der Waals surface area contributed by atoms with Crippen LogP contribution >= 0.6 is 0 Å². The molecule has 0 heterocycles. The van der Waals surface area contributed by atoms with E-state index in [-0.39, 0.29) is 26.2 Å². The van der Waals surface area contributed by atoms with Gasteiger partial charge in [0.15, 0.2) is 23.1 Å². The Bertz CT molecular complexity index is 1070. The normalized spacial score (nSPS) is 10.6. The standard InChI is InChI=1S/4C12H22O5.Zr/c4*1-3-5-7-16-12(17-8-6-4-2)10(13)9-11(14)15;/h4*12H,3-9H2,1-2H3,(H,14,15);/q;;;;+4/p-4. The Kier molecular flexibility index (Phi) is 61.0. The molecule has 21 heteroatoms. The summed E-state index contributed by atoms with van der Waals surface area (Å²) < 4.78 is 41.8. The first-order chi connectivity index (χ1) is 32.5. The number of carboxylic acid groups (broad SMARTS) is 4. The van der Waals surface area contributed by atoms with Gasteiger partial charge in [0, 0.05) is 23.9 Å². The van der Waals surface area contributed by atoms with Crippen LogP contribution in [0.15, 0.2) is 0 Å². The van der Waals surface area contributed by atoms with E-state index in [1.165, 1.54) is 0 Å². The van der Waals surface area contributed by atoms with Crippen molar-refractivity contribution >= 4 is 47.0 Å². The molecule has 0 aromatic rings. The molecule has 0 N–H and O–H groups in total. The Balaban J connectivity index is -0.000000263. The van der Waals surface area contributed by atoms with Crippen LogP contribution in [0.25, 0.3) is 0 Å². The maximum atomic E-state index is 11.5. The Hall–Kier alpha value is -2.88. The van der Waals surface area contributed by atoms with Crippen molar-refractivity contribution in [1.82, 2.24) is 0 Å². The molecule has 0 aromatic heterocycles. The van der Waals surface area contributed by atoms with Gasteiger partial charge in [-0.25, -0.2) is 0 Å². The molecule has 0 rings (SSSR count). The first-order valence-electron chi connectivity index (χ1n) is 24.3. The Morgan fingerprint density at radius 1 is 0.275 bits per heavy atom. The van der Waals surface area contributed by atoms with Gasteiger partial charge in [-0.05, 0) is 51.4 Å². The number of ether oxygens (including phenoxy) is 8. The molecule has 0 radical (unpaired) electrons. The number of carbonyl (C=O) groups is 8. The first-order valence-corrected chi connectivity index (χ1v) is 24.3. The molecule has 0 bridgehead atoms. The first kappa shape index (κ1) is 75.1. The molecule has 0 aliphatic rings. The van der Waals surface area contributed by atoms with E-state index < -0.39 is 97.9 Å². The third-order valence-electron chi connectivity index (χ3n) is 8.46. The van der Waals surface area contributed by atoms with Crippen LogP contribution in [0, 0.1) is 0 Å². The van der Waals surface area contributed by atoms with Crippen LogP contribution in [0.5, 0.6) is 0 Å². The molecule has 20 nitrogen and oxygen atoms in total. The molecule has 0 unspecified atom stereocenters. The summed E-state index contributed by atoms with van der Waals surface area (Å²) in [7, 11) is 0. The number of hydrogen-bond donors (Lipinski definition) is 0. The fraction of sp³-hybridized carbons (Fsp3) is 0.833. The van der Waals surface area contributed by atoms with Crippen molar-refractivity contribution in [2.45, 2.75) is 209 Å². The number of unbranched alkanes of at least 4 members (excludes halogenated alkanes) is 8. The molecule has 0 aromatic carbocycles. The zero-order chi connectivity index (χ0) is 52.4. The van der Waals surface area contributed by atoms with Crippen LogP contribution in [0.4, 0.5) is 0 Å². The molecule has 0 amide bonds. The fourth-order valence-electron chi connectivity index (χ4n) is 4.52. The summed E-state index contributed by atoms with van der Waals surface area (Å²) in [5.74, 6) is -7.96. The number of aliphatic carboxylic acids is 4. The largest absolute Gasteiger partial charge is 4.00 e. The van der Waals surface area contributed by atoms with E-state index in [1.807, 2.05) is 55.4 Å². The Morgan fingerprint density at radius 3 is 0.478 bits per heavy atom. The van der Waals surface area contributed by atoms with E-state index in [0.29, 0.717) is 52.9 Å². The minimum Gasteiger partial charge on any atom is -0.550 e. The van der Waals surface area contributed by atoms with Gasteiger partial charge in [-0.2, -0.15) is 0 Å². The predicted molar refractivity (Wildman–Crippen MR) is 241 cm³/mol. The van der Waals surface area contributed by atoms with Gasteiger partial charge in [0.1, 0.15) is 0 Å². The van der Waals surface area contributed by atoms with Gasteiger partial charge >= 0.3 is 26.2 Å². The van der Waals surface area contributed by atoms with Crippen LogP contribution in [-0.4, -0.2) is 125 Å². The number of hydrogen-bond acceptors (Lipinski definition) is 20. The molecular formula is C48H84O20Zr. The molecule has 0 aliphatic heterocycles. The van der Waals surface area contributed by atoms with Crippen molar-refractivity contribution in [3.63, 3.8) is 0 Å². The van der Waals surface area contributed by atoms with E-state index in [4.69, 9.17) is 37.9 Å². The number of rotatable bonds is 44. The SMILES string of the molecule is CCCCOC(OCCCC)C(=O)CC(=O)[O-].CCCCOC(OCCCC)C(=O)CC(=O)[O-].CCCCOC(OCCCC)C(=O)CC(=O)[O-].CCCCOC(OCCCC)C(=O)CC(=O)[O-].[Zr+4]. The van der Waals surface area contributed by atoms with E-state index in [9.17, 15) is 58.8 Å². The van der Waals surface area contributed by atoms with Crippen molar-refractivity contribution < 1.29 is 123 Å². The summed E-state index contributed by atoms with van der Waals surface area (Å²) in [5, 5.41) is 41.3. The van der Waals surface area contributed by atoms with Crippen molar-refractivity contribution in [1.29, 1.82) is 0 Å². The van der Waals surface area contributed by atoms with Gasteiger partial charge in [-0.15, -0.1) is 0 Å². The van der Waals surface area contributed by atoms with E-state index in [2.05, 4.69) is 0 Å². The van der Waals surface area contributed by atoms with Gasteiger partial charge in [-0.1, -0.05) is 107 Å². The van der Waals surface area contributed by atoms with Gasteiger partial charge in [-0.3, -0.25) is 19.2 Å². The molecule has 0 saturated carbocycles. The van der Waals surface area contributed by atoms with E-state index in [0.717, 1.165) is 103 Å². The second-order valence-electron chi connectivity index (χ2n) is 15.2. The summed E-state index contributed by atoms with van der Waals surface area (Å²) in [6.07, 6.45) is 7.11. The maximum Gasteiger partial charge on any atom is 4.00 e. The molecule has 0 aliphatic carbocycles. The second-order valence-corrected chi connectivity index (χ2v) is 15.2. The van der Waals surface area contributed by atoms with Gasteiger partial charge in [0.25, 0.3) is 0 Å². The topological polar surface area (TPSA) is 303 Å². The molecule has 69 heavy (non-hydrogen) atoms. The van der Waals surface area contributed by atoms with E-state index in [1.54, 1.807) is 0 Å². The van der Waals surface area contributed by atoms with Crippen LogP contribution in [0.1, 0.15) is 184 Å². The molecule has 0 saturated heterocycles. The smallest absolute Gasteiger partial charge is 0.550 e. The quantitative estimate of drug-likeness (QED) is 0.0481. The molecule has 400 valence electrons. The number of ketones is 4. The molecular weight excluding hydrogens is 988 g/mol. The van der Waals surface area contributed by atoms with Crippen molar-refractivity contribution in [2.24, 2.45) is 0 Å². The van der Waals surface area contributed by atoms with Gasteiger partial charge in [0.05, 0.1) is 78.5 Å². The van der Waals surface area contributed by atoms with Gasteiger partial charge in [0.2, 0.25) is 25.2 Å². The van der Waals surface area contributed by atoms with Crippen molar-refractivity contribution in [3.8, 4) is 0 Å². The third kappa shape index (κ3) is 54.3. The Labute approximate surface area is 430 Å². The second kappa shape index (κ2) is 56.0.